The van der Waals surface area contributed by atoms with Gasteiger partial charge in [-0.2, -0.15) is 0 Å². The van der Waals surface area contributed by atoms with Crippen LogP contribution in [0.4, 0.5) is 0 Å². The number of ether oxygens (including phenoxy) is 5. The molecule has 3 heterocycles. The van der Waals surface area contributed by atoms with Crippen LogP contribution in [0.1, 0.15) is 13.8 Å². The van der Waals surface area contributed by atoms with Gasteiger partial charge in [0.15, 0.2) is 18.9 Å². The molecule has 0 saturated carbocycles. The molecule has 3 fully saturated rings. The minimum Gasteiger partial charge on any atom is -0.394 e. The van der Waals surface area contributed by atoms with E-state index in [2.05, 4.69) is 0 Å². The number of hydrogen-bond donors (Lipinski definition) is 9. The molecular formula is C18H32O14. The molecule has 0 aromatic heterocycles. The van der Waals surface area contributed by atoms with Crippen LogP contribution in [0.3, 0.4) is 0 Å². The number of hydrogen-bond acceptors (Lipinski definition) is 14. The van der Waals surface area contributed by atoms with E-state index in [1.165, 1.54) is 13.8 Å². The molecular weight excluding hydrogens is 440 g/mol. The topological polar surface area (TPSA) is 228 Å². The Morgan fingerprint density at radius 1 is 0.562 bits per heavy atom. The van der Waals surface area contributed by atoms with Gasteiger partial charge in [-0.1, -0.05) is 0 Å². The molecule has 9 N–H and O–H groups in total. The SMILES string of the molecule is C[C@@H]1O[C@@H](O)[C@H](O[C@H]2O[C@@H](C)[C@@H](O)[C@@H](O)[C@@H]2O)[C@H](O[C@H]2O[C@H](CO)[C@@H](O)[C@H](O)[C@@H]2O)[C@H]1O. The summed E-state index contributed by atoms with van der Waals surface area (Å²) >= 11 is 0. The Kier molecular flexibility index (Phi) is 8.44. The maximum atomic E-state index is 10.6. The van der Waals surface area contributed by atoms with Crippen LogP contribution in [0.25, 0.3) is 0 Å². The van der Waals surface area contributed by atoms with Crippen LogP contribution in [0, 0.1) is 0 Å². The second kappa shape index (κ2) is 10.4. The second-order valence-corrected chi connectivity index (χ2v) is 8.30. The fourth-order valence-electron chi connectivity index (χ4n) is 3.92. The first kappa shape index (κ1) is 26.1. The van der Waals surface area contributed by atoms with Gasteiger partial charge in [0.2, 0.25) is 0 Å². The summed E-state index contributed by atoms with van der Waals surface area (Å²) in [4.78, 5) is 0. The first-order valence-corrected chi connectivity index (χ1v) is 10.3. The van der Waals surface area contributed by atoms with E-state index in [9.17, 15) is 46.0 Å². The van der Waals surface area contributed by atoms with Crippen molar-refractivity contribution < 1.29 is 69.6 Å². The standard InChI is InChI=1S/C18H32O14/c1-4-7(20)10(23)12(25)17(29-4)32-15-14(8(21)5(2)28-16(15)27)31-18-13(26)11(24)9(22)6(3-19)30-18/h4-27H,3H2,1-2H3/t4-,5-,6+,7+,8-,9+,10+,11-,12-,13-,14+,15+,16+,17+,18+/m0/s1. The third kappa shape index (κ3) is 4.94. The molecule has 0 amide bonds. The summed E-state index contributed by atoms with van der Waals surface area (Å²) in [5.41, 5.74) is 0. The van der Waals surface area contributed by atoms with E-state index < -0.39 is 98.7 Å². The Morgan fingerprint density at radius 2 is 1.06 bits per heavy atom. The zero-order valence-corrected chi connectivity index (χ0v) is 17.4. The van der Waals surface area contributed by atoms with Gasteiger partial charge >= 0.3 is 0 Å². The third-order valence-electron chi connectivity index (χ3n) is 6.02. The zero-order valence-electron chi connectivity index (χ0n) is 17.4. The molecule has 14 heteroatoms. The van der Waals surface area contributed by atoms with Crippen molar-refractivity contribution in [2.75, 3.05) is 6.61 Å². The van der Waals surface area contributed by atoms with Crippen molar-refractivity contribution in [3.63, 3.8) is 0 Å². The molecule has 0 bridgehead atoms. The molecule has 3 saturated heterocycles. The van der Waals surface area contributed by atoms with E-state index in [1.807, 2.05) is 0 Å². The van der Waals surface area contributed by atoms with Gasteiger partial charge in [-0.05, 0) is 13.8 Å². The first-order chi connectivity index (χ1) is 15.0. The van der Waals surface area contributed by atoms with Gasteiger partial charge in [0.05, 0.1) is 18.8 Å². The molecule has 15 atom stereocenters. The Balaban J connectivity index is 1.79. The van der Waals surface area contributed by atoms with Gasteiger partial charge in [-0.3, -0.25) is 0 Å². The molecule has 0 spiro atoms. The molecule has 3 rings (SSSR count). The maximum absolute atomic E-state index is 10.6. The van der Waals surface area contributed by atoms with Crippen LogP contribution in [-0.4, -0.2) is 145 Å². The minimum absolute atomic E-state index is 0.708. The van der Waals surface area contributed by atoms with Gasteiger partial charge in [-0.25, -0.2) is 0 Å². The summed E-state index contributed by atoms with van der Waals surface area (Å²) in [6.45, 7) is 2.13. The quantitative estimate of drug-likeness (QED) is 0.182. The summed E-state index contributed by atoms with van der Waals surface area (Å²) in [5, 5.41) is 90.5. The molecule has 0 unspecified atom stereocenters. The van der Waals surface area contributed by atoms with Gasteiger partial charge in [-0.15, -0.1) is 0 Å². The van der Waals surface area contributed by atoms with Crippen molar-refractivity contribution in [2.24, 2.45) is 0 Å². The molecule has 0 radical (unpaired) electrons. The highest BCUT2D eigenvalue weighted by molar-refractivity contribution is 4.95. The molecule has 14 nitrogen and oxygen atoms in total. The summed E-state index contributed by atoms with van der Waals surface area (Å²) < 4.78 is 27.0. The first-order valence-electron chi connectivity index (χ1n) is 10.3. The number of aliphatic hydroxyl groups excluding tert-OH is 9. The fourth-order valence-corrected chi connectivity index (χ4v) is 3.92. The molecule has 0 aromatic carbocycles. The average Bonchev–Trinajstić information content (AvgIpc) is 2.76. The van der Waals surface area contributed by atoms with Crippen molar-refractivity contribution in [2.45, 2.75) is 106 Å². The van der Waals surface area contributed by atoms with Crippen molar-refractivity contribution in [3.05, 3.63) is 0 Å². The van der Waals surface area contributed by atoms with Gasteiger partial charge < -0.3 is 69.6 Å². The maximum Gasteiger partial charge on any atom is 0.187 e. The predicted octanol–water partition coefficient (Wildman–Crippen LogP) is -5.52. The van der Waals surface area contributed by atoms with Gasteiger partial charge in [0.25, 0.3) is 0 Å². The molecule has 0 aliphatic carbocycles. The lowest BCUT2D eigenvalue weighted by atomic mass is 9.96. The summed E-state index contributed by atoms with van der Waals surface area (Å²) in [6, 6.07) is 0. The zero-order chi connectivity index (χ0) is 23.9. The molecule has 0 aromatic rings. The molecule has 3 aliphatic rings. The van der Waals surface area contributed by atoms with E-state index >= 15 is 0 Å². The monoisotopic (exact) mass is 472 g/mol. The van der Waals surface area contributed by atoms with E-state index in [1.54, 1.807) is 0 Å². The molecule has 3 aliphatic heterocycles. The minimum atomic E-state index is -1.79. The van der Waals surface area contributed by atoms with Crippen molar-refractivity contribution in [3.8, 4) is 0 Å². The van der Waals surface area contributed by atoms with Crippen molar-refractivity contribution >= 4 is 0 Å². The van der Waals surface area contributed by atoms with Crippen LogP contribution in [0.15, 0.2) is 0 Å². The Labute approximate surface area is 183 Å². The highest BCUT2D eigenvalue weighted by atomic mass is 16.8. The molecule has 32 heavy (non-hydrogen) atoms. The van der Waals surface area contributed by atoms with E-state index in [4.69, 9.17) is 23.7 Å². The highest BCUT2D eigenvalue weighted by Gasteiger charge is 2.52. The fraction of sp³-hybridized carbons (Fsp3) is 1.00. The lowest BCUT2D eigenvalue weighted by Gasteiger charge is -2.47. The Bertz CT molecular complexity index is 608. The van der Waals surface area contributed by atoms with Crippen LogP contribution in [-0.2, 0) is 23.7 Å². The summed E-state index contributed by atoms with van der Waals surface area (Å²) in [7, 11) is 0. The van der Waals surface area contributed by atoms with E-state index in [0.717, 1.165) is 0 Å². The van der Waals surface area contributed by atoms with Crippen LogP contribution < -0.4 is 0 Å². The van der Waals surface area contributed by atoms with Crippen LogP contribution in [0.5, 0.6) is 0 Å². The van der Waals surface area contributed by atoms with Crippen LogP contribution in [0.2, 0.25) is 0 Å². The average molecular weight is 472 g/mol. The predicted molar refractivity (Wildman–Crippen MR) is 98.4 cm³/mol. The van der Waals surface area contributed by atoms with Crippen molar-refractivity contribution in [1.29, 1.82) is 0 Å². The Hall–Kier alpha value is -0.560. The smallest absolute Gasteiger partial charge is 0.187 e. The lowest BCUT2D eigenvalue weighted by molar-refractivity contribution is -0.384. The summed E-state index contributed by atoms with van der Waals surface area (Å²) in [6.07, 6.45) is -22.6. The normalized spacial score (nSPS) is 55.0. The molecule has 188 valence electrons. The van der Waals surface area contributed by atoms with Gasteiger partial charge in [0.1, 0.15) is 61.0 Å². The highest BCUT2D eigenvalue weighted by Crippen LogP contribution is 2.32. The van der Waals surface area contributed by atoms with Crippen LogP contribution >= 0.6 is 0 Å². The Morgan fingerprint density at radius 3 is 1.66 bits per heavy atom. The van der Waals surface area contributed by atoms with E-state index in [0.29, 0.717) is 0 Å². The number of rotatable bonds is 5. The van der Waals surface area contributed by atoms with E-state index in [-0.39, 0.29) is 0 Å². The van der Waals surface area contributed by atoms with Gasteiger partial charge in [0, 0.05) is 0 Å². The lowest BCUT2D eigenvalue weighted by Crippen LogP contribution is -2.66. The largest absolute Gasteiger partial charge is 0.394 e. The summed E-state index contributed by atoms with van der Waals surface area (Å²) in [5.74, 6) is 0. The third-order valence-corrected chi connectivity index (χ3v) is 6.02. The second-order valence-electron chi connectivity index (χ2n) is 8.30. The number of aliphatic hydroxyl groups is 9. The van der Waals surface area contributed by atoms with Crippen molar-refractivity contribution in [1.82, 2.24) is 0 Å².